The lowest BCUT2D eigenvalue weighted by Crippen LogP contribution is -2.33. The molecule has 0 heterocycles. The first-order chi connectivity index (χ1) is 5.74. The fourth-order valence-corrected chi connectivity index (χ4v) is 1.68. The second-order valence-electron chi connectivity index (χ2n) is 3.38. The molecule has 0 amide bonds. The summed E-state index contributed by atoms with van der Waals surface area (Å²) in [5.74, 6) is 0. The molecule has 0 aromatic carbocycles. The summed E-state index contributed by atoms with van der Waals surface area (Å²) in [5, 5.41) is 2.46. The second-order valence-corrected chi connectivity index (χ2v) is 3.38. The van der Waals surface area contributed by atoms with Crippen molar-refractivity contribution in [2.75, 3.05) is 6.54 Å². The van der Waals surface area contributed by atoms with Gasteiger partial charge in [0, 0.05) is 6.54 Å². The molecule has 0 fully saturated rings. The summed E-state index contributed by atoms with van der Waals surface area (Å²) in [5.41, 5.74) is 3.45. The van der Waals surface area contributed by atoms with E-state index >= 15 is 0 Å². The van der Waals surface area contributed by atoms with Crippen LogP contribution < -0.4 is 10.8 Å². The first kappa shape index (κ1) is 12.0. The zero-order valence-electron chi connectivity index (χ0n) is 8.61. The van der Waals surface area contributed by atoms with Crippen LogP contribution in [0.3, 0.4) is 0 Å². The molecule has 0 bridgehead atoms. The fraction of sp³-hybridized carbons (Fsp3) is 1.00. The highest BCUT2D eigenvalue weighted by molar-refractivity contribution is 6.03. The highest BCUT2D eigenvalue weighted by Gasteiger charge is 2.22. The van der Waals surface area contributed by atoms with Crippen LogP contribution in [0.15, 0.2) is 0 Å². The maximum atomic E-state index is 5.12. The minimum Gasteiger partial charge on any atom is -0.311 e. The third-order valence-electron chi connectivity index (χ3n) is 3.13. The van der Waals surface area contributed by atoms with Crippen LogP contribution in [-0.4, -0.2) is 14.5 Å². The van der Waals surface area contributed by atoms with Gasteiger partial charge < -0.3 is 5.34 Å². The van der Waals surface area contributed by atoms with Crippen LogP contribution in [0.4, 0.5) is 0 Å². The zero-order valence-corrected chi connectivity index (χ0v) is 8.61. The molecule has 2 nitrogen and oxygen atoms in total. The van der Waals surface area contributed by atoms with E-state index in [2.05, 4.69) is 31.5 Å². The number of nitrogens with one attached hydrogen (secondary N) is 2. The van der Waals surface area contributed by atoms with Crippen LogP contribution >= 0.6 is 0 Å². The van der Waals surface area contributed by atoms with Gasteiger partial charge in [0.05, 0.1) is 0 Å². The highest BCUT2D eigenvalue weighted by Crippen LogP contribution is 2.33. The molecule has 0 aromatic rings. The predicted molar refractivity (Wildman–Crippen MR) is 54.8 cm³/mol. The SMILES string of the molecule is [B]NNCCC(CC)(CC)CC. The molecule has 0 spiro atoms. The Morgan fingerprint density at radius 1 is 1.08 bits per heavy atom. The molecule has 0 aliphatic carbocycles. The van der Waals surface area contributed by atoms with E-state index in [4.69, 9.17) is 7.98 Å². The van der Waals surface area contributed by atoms with Crippen LogP contribution in [-0.2, 0) is 0 Å². The van der Waals surface area contributed by atoms with Gasteiger partial charge in [0.15, 0.2) is 0 Å². The summed E-state index contributed by atoms with van der Waals surface area (Å²) in [6, 6.07) is 0. The average Bonchev–Trinajstić information content (AvgIpc) is 2.14. The molecule has 0 aliphatic rings. The maximum absolute atomic E-state index is 5.12. The fourth-order valence-electron chi connectivity index (χ4n) is 1.68. The third-order valence-corrected chi connectivity index (χ3v) is 3.13. The van der Waals surface area contributed by atoms with Crippen molar-refractivity contribution in [3.63, 3.8) is 0 Å². The van der Waals surface area contributed by atoms with E-state index < -0.39 is 0 Å². The van der Waals surface area contributed by atoms with Crippen molar-refractivity contribution in [3.05, 3.63) is 0 Å². The minimum absolute atomic E-state index is 0.518. The van der Waals surface area contributed by atoms with Gasteiger partial charge in [0.25, 0.3) is 0 Å². The standard InChI is InChI=1S/C9H21BN2/c1-4-9(5-2,6-3)7-8-11-12-10/h11-12H,4-8H2,1-3H3. The third kappa shape index (κ3) is 3.59. The lowest BCUT2D eigenvalue weighted by Gasteiger charge is -2.30. The van der Waals surface area contributed by atoms with Crippen LogP contribution in [0, 0.1) is 5.41 Å². The first-order valence-electron chi connectivity index (χ1n) is 4.93. The van der Waals surface area contributed by atoms with Gasteiger partial charge in [0.2, 0.25) is 7.98 Å². The van der Waals surface area contributed by atoms with E-state index in [1.54, 1.807) is 0 Å². The van der Waals surface area contributed by atoms with Crippen LogP contribution in [0.5, 0.6) is 0 Å². The van der Waals surface area contributed by atoms with E-state index in [1.165, 1.54) is 25.7 Å². The van der Waals surface area contributed by atoms with E-state index in [-0.39, 0.29) is 0 Å². The predicted octanol–water partition coefficient (Wildman–Crippen LogP) is 1.77. The minimum atomic E-state index is 0.518. The molecule has 0 saturated heterocycles. The zero-order chi connectivity index (χ0) is 9.45. The van der Waals surface area contributed by atoms with Crippen molar-refractivity contribution in [2.24, 2.45) is 5.41 Å². The summed E-state index contributed by atoms with van der Waals surface area (Å²) in [4.78, 5) is 0. The van der Waals surface area contributed by atoms with Gasteiger partial charge in [-0.2, -0.15) is 0 Å². The van der Waals surface area contributed by atoms with Gasteiger partial charge in [-0.25, -0.2) is 0 Å². The molecule has 0 rings (SSSR count). The highest BCUT2D eigenvalue weighted by atomic mass is 15.3. The summed E-state index contributed by atoms with van der Waals surface area (Å²) in [6.07, 6.45) is 4.96. The number of hydrazine groups is 1. The van der Waals surface area contributed by atoms with Gasteiger partial charge in [-0.3, -0.25) is 5.43 Å². The number of hydrogen-bond donors (Lipinski definition) is 2. The smallest absolute Gasteiger partial charge is 0.201 e. The Balaban J connectivity index is 3.76. The second kappa shape index (κ2) is 6.50. The first-order valence-corrected chi connectivity index (χ1v) is 4.93. The Bertz CT molecular complexity index is 94.4. The normalized spacial score (nSPS) is 11.9. The van der Waals surface area contributed by atoms with Crippen LogP contribution in [0.2, 0.25) is 0 Å². The lowest BCUT2D eigenvalue weighted by atomic mass is 9.77. The summed E-state index contributed by atoms with van der Waals surface area (Å²) >= 11 is 0. The van der Waals surface area contributed by atoms with Crippen LogP contribution in [0.25, 0.3) is 0 Å². The van der Waals surface area contributed by atoms with Crippen molar-refractivity contribution >= 4 is 7.98 Å². The summed E-state index contributed by atoms with van der Waals surface area (Å²) in [7, 11) is 5.12. The molecule has 0 unspecified atom stereocenters. The molecule has 12 heavy (non-hydrogen) atoms. The van der Waals surface area contributed by atoms with Gasteiger partial charge in [-0.05, 0) is 11.8 Å². The van der Waals surface area contributed by atoms with Gasteiger partial charge >= 0.3 is 0 Å². The topological polar surface area (TPSA) is 24.1 Å². The molecule has 70 valence electrons. The average molecular weight is 168 g/mol. The Hall–Kier alpha value is -0.0151. The van der Waals surface area contributed by atoms with Gasteiger partial charge in [-0.1, -0.05) is 40.0 Å². The van der Waals surface area contributed by atoms with E-state index in [9.17, 15) is 0 Å². The summed E-state index contributed by atoms with van der Waals surface area (Å²) < 4.78 is 0. The quantitative estimate of drug-likeness (QED) is 0.344. The molecule has 0 saturated carbocycles. The number of rotatable bonds is 7. The van der Waals surface area contributed by atoms with Crippen LogP contribution in [0.1, 0.15) is 46.5 Å². The van der Waals surface area contributed by atoms with Crippen molar-refractivity contribution < 1.29 is 0 Å². The molecule has 2 radical (unpaired) electrons. The molecule has 0 aliphatic heterocycles. The van der Waals surface area contributed by atoms with Crippen molar-refractivity contribution in [1.82, 2.24) is 10.8 Å². The van der Waals surface area contributed by atoms with E-state index in [0.29, 0.717) is 5.41 Å². The van der Waals surface area contributed by atoms with Gasteiger partial charge in [0.1, 0.15) is 0 Å². The molecular formula is C9H21BN2. The molecular weight excluding hydrogens is 147 g/mol. The van der Waals surface area contributed by atoms with Crippen molar-refractivity contribution in [3.8, 4) is 0 Å². The van der Waals surface area contributed by atoms with E-state index in [0.717, 1.165) is 6.54 Å². The maximum Gasteiger partial charge on any atom is 0.201 e. The van der Waals surface area contributed by atoms with Gasteiger partial charge in [-0.15, -0.1) is 0 Å². The molecule has 3 heteroatoms. The van der Waals surface area contributed by atoms with Crippen molar-refractivity contribution in [1.29, 1.82) is 0 Å². The molecule has 0 aromatic heterocycles. The number of hydrogen-bond acceptors (Lipinski definition) is 2. The Kier molecular flexibility index (Phi) is 6.49. The Morgan fingerprint density at radius 3 is 1.92 bits per heavy atom. The lowest BCUT2D eigenvalue weighted by molar-refractivity contribution is 0.225. The van der Waals surface area contributed by atoms with Crippen molar-refractivity contribution in [2.45, 2.75) is 46.5 Å². The summed E-state index contributed by atoms with van der Waals surface area (Å²) in [6.45, 7) is 7.75. The Morgan fingerprint density at radius 2 is 1.58 bits per heavy atom. The molecule has 0 atom stereocenters. The van der Waals surface area contributed by atoms with E-state index in [1.807, 2.05) is 0 Å². The largest absolute Gasteiger partial charge is 0.311 e. The molecule has 2 N–H and O–H groups in total. The Labute approximate surface area is 77.9 Å². The monoisotopic (exact) mass is 168 g/mol.